The van der Waals surface area contributed by atoms with Crippen molar-refractivity contribution in [1.29, 1.82) is 0 Å². The highest BCUT2D eigenvalue weighted by atomic mass is 19.3. The van der Waals surface area contributed by atoms with Crippen LogP contribution in [0.15, 0.2) is 64.7 Å². The van der Waals surface area contributed by atoms with Crippen LogP contribution in [0.25, 0.3) is 0 Å². The Hall–Kier alpha value is -3.23. The lowest BCUT2D eigenvalue weighted by molar-refractivity contribution is -0.159. The molecule has 0 spiro atoms. The van der Waals surface area contributed by atoms with E-state index >= 15 is 0 Å². The molecule has 0 aliphatic rings. The molecule has 28 heavy (non-hydrogen) atoms. The highest BCUT2D eigenvalue weighted by molar-refractivity contribution is 6.71. The third-order valence-corrected chi connectivity index (χ3v) is 3.67. The van der Waals surface area contributed by atoms with Gasteiger partial charge in [0.25, 0.3) is 5.78 Å². The van der Waals surface area contributed by atoms with Crippen LogP contribution in [0.5, 0.6) is 5.75 Å². The van der Waals surface area contributed by atoms with E-state index in [9.17, 15) is 22.4 Å². The van der Waals surface area contributed by atoms with Crippen LogP contribution in [0.2, 0.25) is 0 Å². The molecule has 0 fully saturated rings. The van der Waals surface area contributed by atoms with E-state index in [4.69, 9.17) is 4.74 Å². The number of aliphatic imine (C=N–C) groups is 1. The van der Waals surface area contributed by atoms with E-state index in [1.807, 2.05) is 0 Å². The number of carbonyl (C=O) groups excluding carboxylic acids is 1. The minimum atomic E-state index is -4.91. The van der Waals surface area contributed by atoms with Crippen LogP contribution in [-0.4, -0.2) is 43.7 Å². The molecule has 0 aliphatic carbocycles. The molecule has 0 aliphatic heterocycles. The number of Topliss-reactive ketones (excluding diaryl/α,β-unsaturated/α-hetero) is 1. The summed E-state index contributed by atoms with van der Waals surface area (Å²) in [5.41, 5.74) is 1.88. The molecule has 0 radical (unpaired) electrons. The number of benzene rings is 2. The van der Waals surface area contributed by atoms with Gasteiger partial charge in [0.05, 0.1) is 18.5 Å². The quantitative estimate of drug-likeness (QED) is 0.417. The SMILES string of the molecule is CN=C(/C(=N/Nc1ccc(OC)cc1)C(=O)C(F)(F)C(F)F)c1ccccc1. The number of nitrogens with one attached hydrogen (secondary N) is 1. The summed E-state index contributed by atoms with van der Waals surface area (Å²) in [6.45, 7) is 0. The van der Waals surface area contributed by atoms with Crippen molar-refractivity contribution in [1.82, 2.24) is 0 Å². The van der Waals surface area contributed by atoms with Crippen molar-refractivity contribution in [3.8, 4) is 5.75 Å². The van der Waals surface area contributed by atoms with E-state index < -0.39 is 23.8 Å². The number of carbonyl (C=O) groups is 1. The van der Waals surface area contributed by atoms with Crippen molar-refractivity contribution < 1.29 is 27.1 Å². The van der Waals surface area contributed by atoms with E-state index in [2.05, 4.69) is 15.5 Å². The van der Waals surface area contributed by atoms with Crippen LogP contribution >= 0.6 is 0 Å². The van der Waals surface area contributed by atoms with E-state index in [-0.39, 0.29) is 11.3 Å². The van der Waals surface area contributed by atoms with Crippen LogP contribution in [-0.2, 0) is 4.79 Å². The summed E-state index contributed by atoms with van der Waals surface area (Å²) in [6, 6.07) is 14.0. The summed E-state index contributed by atoms with van der Waals surface area (Å²) in [5, 5.41) is 3.68. The second kappa shape index (κ2) is 9.12. The number of nitrogens with zero attached hydrogens (tertiary/aromatic N) is 2. The Kier molecular flexibility index (Phi) is 6.86. The maximum Gasteiger partial charge on any atom is 0.370 e. The number of hydrazone groups is 1. The number of ether oxygens (including phenoxy) is 1. The van der Waals surface area contributed by atoms with E-state index in [1.165, 1.54) is 38.4 Å². The Morgan fingerprint density at radius 3 is 2.18 bits per heavy atom. The van der Waals surface area contributed by atoms with Crippen molar-refractivity contribution in [2.45, 2.75) is 12.3 Å². The Labute approximate surface area is 158 Å². The first-order chi connectivity index (χ1) is 13.3. The zero-order valence-electron chi connectivity index (χ0n) is 15.0. The number of anilines is 1. The van der Waals surface area contributed by atoms with Gasteiger partial charge in [0.15, 0.2) is 5.71 Å². The van der Waals surface area contributed by atoms with Crippen LogP contribution in [0.3, 0.4) is 0 Å². The van der Waals surface area contributed by atoms with Crippen molar-refractivity contribution in [3.63, 3.8) is 0 Å². The molecule has 0 bridgehead atoms. The van der Waals surface area contributed by atoms with E-state index in [0.717, 1.165) is 0 Å². The molecular formula is C19H17F4N3O2. The molecule has 2 rings (SSSR count). The summed E-state index contributed by atoms with van der Waals surface area (Å²) < 4.78 is 58.0. The number of rotatable bonds is 8. The van der Waals surface area contributed by atoms with Crippen LogP contribution in [0.1, 0.15) is 5.56 Å². The third kappa shape index (κ3) is 4.73. The van der Waals surface area contributed by atoms with Gasteiger partial charge in [-0.3, -0.25) is 15.2 Å². The number of ketones is 1. The monoisotopic (exact) mass is 395 g/mol. The summed E-state index contributed by atoms with van der Waals surface area (Å²) in [7, 11) is 2.71. The van der Waals surface area contributed by atoms with Crippen molar-refractivity contribution in [2.24, 2.45) is 10.1 Å². The topological polar surface area (TPSA) is 63.1 Å². The van der Waals surface area contributed by atoms with Gasteiger partial charge in [-0.15, -0.1) is 0 Å². The van der Waals surface area contributed by atoms with Gasteiger partial charge in [0.1, 0.15) is 5.75 Å². The summed E-state index contributed by atoms with van der Waals surface area (Å²) in [4.78, 5) is 16.0. The molecule has 5 nitrogen and oxygen atoms in total. The lowest BCUT2D eigenvalue weighted by Gasteiger charge is -2.16. The summed E-state index contributed by atoms with van der Waals surface area (Å²) >= 11 is 0. The summed E-state index contributed by atoms with van der Waals surface area (Å²) in [6.07, 6.45) is -4.18. The van der Waals surface area contributed by atoms with Gasteiger partial charge >= 0.3 is 12.3 Å². The number of methoxy groups -OCH3 is 1. The van der Waals surface area contributed by atoms with Crippen molar-refractivity contribution >= 4 is 22.9 Å². The standard InChI is InChI=1S/C19H17F4N3O2/c1-24-15(12-6-4-3-5-7-12)16(17(27)19(22,23)18(20)21)26-25-13-8-10-14(28-2)11-9-13/h3-11,18,25H,1-2H3/b24-15?,26-16-. The van der Waals surface area contributed by atoms with Gasteiger partial charge in [-0.1, -0.05) is 30.3 Å². The lowest BCUT2D eigenvalue weighted by atomic mass is 9.99. The first-order valence-corrected chi connectivity index (χ1v) is 8.02. The lowest BCUT2D eigenvalue weighted by Crippen LogP contribution is -2.44. The maximum atomic E-state index is 13.7. The average Bonchev–Trinajstić information content (AvgIpc) is 2.71. The molecule has 0 heterocycles. The molecule has 0 atom stereocenters. The minimum absolute atomic E-state index is 0.244. The zero-order valence-corrected chi connectivity index (χ0v) is 15.0. The molecule has 2 aromatic carbocycles. The fourth-order valence-corrected chi connectivity index (χ4v) is 2.22. The second-order valence-electron chi connectivity index (χ2n) is 5.49. The molecule has 2 aromatic rings. The first-order valence-electron chi connectivity index (χ1n) is 8.02. The van der Waals surface area contributed by atoms with Gasteiger partial charge in [-0.05, 0) is 24.3 Å². The highest BCUT2D eigenvalue weighted by Gasteiger charge is 2.51. The molecule has 0 unspecified atom stereocenters. The first kappa shape index (κ1) is 21.1. The number of alkyl halides is 4. The van der Waals surface area contributed by atoms with E-state index in [1.54, 1.807) is 30.3 Å². The van der Waals surface area contributed by atoms with Gasteiger partial charge in [-0.2, -0.15) is 13.9 Å². The molecule has 0 aromatic heterocycles. The Bertz CT molecular complexity index is 867. The molecule has 148 valence electrons. The molecule has 1 N–H and O–H groups in total. The van der Waals surface area contributed by atoms with Crippen LogP contribution in [0, 0.1) is 0 Å². The Balaban J connectivity index is 2.47. The average molecular weight is 395 g/mol. The van der Waals surface area contributed by atoms with Crippen molar-refractivity contribution in [3.05, 3.63) is 60.2 Å². The minimum Gasteiger partial charge on any atom is -0.497 e. The number of hydrogen-bond donors (Lipinski definition) is 1. The maximum absolute atomic E-state index is 13.7. The van der Waals surface area contributed by atoms with Crippen LogP contribution < -0.4 is 10.2 Å². The molecule has 9 heteroatoms. The van der Waals surface area contributed by atoms with E-state index in [0.29, 0.717) is 11.4 Å². The molecular weight excluding hydrogens is 378 g/mol. The fraction of sp³-hybridized carbons (Fsp3) is 0.211. The normalized spacial score (nSPS) is 12.8. The molecule has 0 amide bonds. The smallest absolute Gasteiger partial charge is 0.370 e. The van der Waals surface area contributed by atoms with Crippen LogP contribution in [0.4, 0.5) is 23.2 Å². The van der Waals surface area contributed by atoms with Gasteiger partial charge < -0.3 is 4.74 Å². The highest BCUT2D eigenvalue weighted by Crippen LogP contribution is 2.25. The van der Waals surface area contributed by atoms with Gasteiger partial charge in [0, 0.05) is 12.6 Å². The second-order valence-corrected chi connectivity index (χ2v) is 5.49. The third-order valence-electron chi connectivity index (χ3n) is 3.67. The number of hydrogen-bond acceptors (Lipinski definition) is 5. The Morgan fingerprint density at radius 2 is 1.68 bits per heavy atom. The van der Waals surface area contributed by atoms with Gasteiger partial charge in [0.2, 0.25) is 0 Å². The fourth-order valence-electron chi connectivity index (χ4n) is 2.22. The predicted octanol–water partition coefficient (Wildman–Crippen LogP) is 4.05. The van der Waals surface area contributed by atoms with Gasteiger partial charge in [-0.25, -0.2) is 8.78 Å². The molecule has 0 saturated carbocycles. The largest absolute Gasteiger partial charge is 0.497 e. The van der Waals surface area contributed by atoms with Crippen molar-refractivity contribution in [2.75, 3.05) is 19.6 Å². The molecule has 0 saturated heterocycles. The Morgan fingerprint density at radius 1 is 1.07 bits per heavy atom. The predicted molar refractivity (Wildman–Crippen MR) is 98.9 cm³/mol. The summed E-state index contributed by atoms with van der Waals surface area (Å²) in [5.74, 6) is -6.51. The number of halogens is 4. The zero-order chi connectivity index (χ0) is 20.7.